The van der Waals surface area contributed by atoms with E-state index in [4.69, 9.17) is 0 Å². The summed E-state index contributed by atoms with van der Waals surface area (Å²) in [5, 5.41) is 0. The molecule has 2 aliphatic rings. The van der Waals surface area contributed by atoms with E-state index in [1.807, 2.05) is 0 Å². The van der Waals surface area contributed by atoms with Gasteiger partial charge in [-0.1, -0.05) is 44.4 Å². The van der Waals surface area contributed by atoms with E-state index in [-0.39, 0.29) is 5.92 Å². The monoisotopic (exact) mass is 242 g/mol. The van der Waals surface area contributed by atoms with Gasteiger partial charge in [-0.2, -0.15) is 0 Å². The summed E-state index contributed by atoms with van der Waals surface area (Å²) in [6, 6.07) is 6.64. The van der Waals surface area contributed by atoms with E-state index in [9.17, 15) is 4.79 Å². The molecule has 3 rings (SSSR count). The zero-order valence-corrected chi connectivity index (χ0v) is 11.2. The summed E-state index contributed by atoms with van der Waals surface area (Å²) in [5.41, 5.74) is 3.78. The number of aryl methyl sites for hydroxylation is 1. The number of carbonyl (C=O) groups excluding carboxylic acids is 1. The van der Waals surface area contributed by atoms with Crippen molar-refractivity contribution in [1.82, 2.24) is 0 Å². The number of carbonyl (C=O) groups is 1. The van der Waals surface area contributed by atoms with Gasteiger partial charge in [-0.25, -0.2) is 0 Å². The third-order valence-electron chi connectivity index (χ3n) is 4.77. The van der Waals surface area contributed by atoms with Crippen molar-refractivity contribution in [2.75, 3.05) is 0 Å². The number of hydrogen-bond acceptors (Lipinski definition) is 1. The van der Waals surface area contributed by atoms with Gasteiger partial charge in [0, 0.05) is 11.5 Å². The van der Waals surface area contributed by atoms with Crippen LogP contribution >= 0.6 is 0 Å². The predicted molar refractivity (Wildman–Crippen MR) is 74.1 cm³/mol. The van der Waals surface area contributed by atoms with Gasteiger partial charge < -0.3 is 0 Å². The summed E-state index contributed by atoms with van der Waals surface area (Å²) in [7, 11) is 0. The summed E-state index contributed by atoms with van der Waals surface area (Å²) >= 11 is 0. The Bertz CT molecular complexity index is 455. The second-order valence-corrected chi connectivity index (χ2v) is 6.06. The van der Waals surface area contributed by atoms with E-state index in [1.54, 1.807) is 0 Å². The fourth-order valence-corrected chi connectivity index (χ4v) is 3.52. The third-order valence-corrected chi connectivity index (χ3v) is 4.77. The molecule has 0 N–H and O–H groups in total. The van der Waals surface area contributed by atoms with Gasteiger partial charge in [-0.3, -0.25) is 4.79 Å². The van der Waals surface area contributed by atoms with Crippen LogP contribution in [0.3, 0.4) is 0 Å². The van der Waals surface area contributed by atoms with E-state index in [0.717, 1.165) is 24.3 Å². The summed E-state index contributed by atoms with van der Waals surface area (Å²) < 4.78 is 0. The normalized spacial score (nSPS) is 24.9. The molecule has 0 aliphatic heterocycles. The highest BCUT2D eigenvalue weighted by Gasteiger charge is 2.25. The molecular formula is C17H22O. The quantitative estimate of drug-likeness (QED) is 0.708. The van der Waals surface area contributed by atoms with Crippen LogP contribution in [0.5, 0.6) is 0 Å². The lowest BCUT2D eigenvalue weighted by atomic mass is 9.79. The highest BCUT2D eigenvalue weighted by atomic mass is 16.1. The van der Waals surface area contributed by atoms with Gasteiger partial charge >= 0.3 is 0 Å². The average Bonchev–Trinajstić information content (AvgIpc) is 2.44. The fraction of sp³-hybridized carbons (Fsp3) is 0.588. The summed E-state index contributed by atoms with van der Waals surface area (Å²) in [4.78, 5) is 12.1. The molecular weight excluding hydrogens is 220 g/mol. The highest BCUT2D eigenvalue weighted by Crippen LogP contribution is 2.35. The van der Waals surface area contributed by atoms with Crippen molar-refractivity contribution >= 4 is 5.78 Å². The van der Waals surface area contributed by atoms with E-state index in [2.05, 4.69) is 25.1 Å². The van der Waals surface area contributed by atoms with Gasteiger partial charge in [0.15, 0.2) is 5.78 Å². The van der Waals surface area contributed by atoms with Crippen LogP contribution in [0.4, 0.5) is 0 Å². The van der Waals surface area contributed by atoms with Crippen LogP contribution in [-0.2, 0) is 6.42 Å². The topological polar surface area (TPSA) is 17.1 Å². The maximum atomic E-state index is 12.1. The summed E-state index contributed by atoms with van der Waals surface area (Å²) in [6.45, 7) is 2.06. The SMILES string of the molecule is CC1CCc2cc(C3CCCCC3)ccc2C1=O. The largest absolute Gasteiger partial charge is 0.294 e. The van der Waals surface area contributed by atoms with Crippen molar-refractivity contribution in [3.8, 4) is 0 Å². The molecule has 1 atom stereocenters. The molecule has 18 heavy (non-hydrogen) atoms. The van der Waals surface area contributed by atoms with Crippen LogP contribution in [0.1, 0.15) is 72.9 Å². The first-order valence-electron chi connectivity index (χ1n) is 7.43. The lowest BCUT2D eigenvalue weighted by Crippen LogP contribution is -2.20. The average molecular weight is 242 g/mol. The van der Waals surface area contributed by atoms with Crippen molar-refractivity contribution in [2.24, 2.45) is 5.92 Å². The van der Waals surface area contributed by atoms with Gasteiger partial charge in [0.05, 0.1) is 0 Å². The maximum Gasteiger partial charge on any atom is 0.165 e. The van der Waals surface area contributed by atoms with Gasteiger partial charge in [-0.15, -0.1) is 0 Å². The molecule has 2 aliphatic carbocycles. The highest BCUT2D eigenvalue weighted by molar-refractivity contribution is 6.00. The molecule has 1 fully saturated rings. The molecule has 0 spiro atoms. The number of ketones is 1. The first-order chi connectivity index (χ1) is 8.75. The van der Waals surface area contributed by atoms with E-state index in [0.29, 0.717) is 5.78 Å². The van der Waals surface area contributed by atoms with Crippen molar-refractivity contribution in [3.63, 3.8) is 0 Å². The molecule has 0 radical (unpaired) electrons. The molecule has 96 valence electrons. The molecule has 1 nitrogen and oxygen atoms in total. The molecule has 0 saturated heterocycles. The molecule has 0 amide bonds. The Balaban J connectivity index is 1.89. The molecule has 0 aromatic heterocycles. The minimum absolute atomic E-state index is 0.220. The first kappa shape index (κ1) is 12.0. The van der Waals surface area contributed by atoms with Gasteiger partial charge in [-0.05, 0) is 42.7 Å². The molecule has 1 saturated carbocycles. The van der Waals surface area contributed by atoms with Crippen molar-refractivity contribution in [2.45, 2.75) is 57.8 Å². The Kier molecular flexibility index (Phi) is 3.23. The van der Waals surface area contributed by atoms with Crippen molar-refractivity contribution in [3.05, 3.63) is 34.9 Å². The second-order valence-electron chi connectivity index (χ2n) is 6.06. The lowest BCUT2D eigenvalue weighted by molar-refractivity contribution is 0.0913. The Morgan fingerprint density at radius 1 is 1.06 bits per heavy atom. The zero-order valence-electron chi connectivity index (χ0n) is 11.2. The number of rotatable bonds is 1. The molecule has 1 heteroatoms. The number of fused-ring (bicyclic) bond motifs is 1. The van der Waals surface area contributed by atoms with E-state index in [1.165, 1.54) is 43.2 Å². The Morgan fingerprint density at radius 3 is 2.61 bits per heavy atom. The minimum Gasteiger partial charge on any atom is -0.294 e. The molecule has 1 aromatic rings. The smallest absolute Gasteiger partial charge is 0.165 e. The molecule has 0 bridgehead atoms. The summed E-state index contributed by atoms with van der Waals surface area (Å²) in [6.07, 6.45) is 8.93. The summed E-state index contributed by atoms with van der Waals surface area (Å²) in [5.74, 6) is 1.32. The van der Waals surface area contributed by atoms with Gasteiger partial charge in [0.1, 0.15) is 0 Å². The fourth-order valence-electron chi connectivity index (χ4n) is 3.52. The predicted octanol–water partition coefficient (Wildman–Crippen LogP) is 4.50. The first-order valence-corrected chi connectivity index (χ1v) is 7.43. The Labute approximate surface area is 110 Å². The second kappa shape index (κ2) is 4.87. The number of benzene rings is 1. The van der Waals surface area contributed by atoms with Crippen molar-refractivity contribution < 1.29 is 4.79 Å². The van der Waals surface area contributed by atoms with Crippen LogP contribution in [0.25, 0.3) is 0 Å². The Hall–Kier alpha value is -1.11. The van der Waals surface area contributed by atoms with Gasteiger partial charge in [0.25, 0.3) is 0 Å². The maximum absolute atomic E-state index is 12.1. The van der Waals surface area contributed by atoms with Crippen LogP contribution < -0.4 is 0 Å². The number of hydrogen-bond donors (Lipinski definition) is 0. The standard InChI is InChI=1S/C17H22O/c1-12-7-8-15-11-14(9-10-16(15)17(12)18)13-5-3-2-4-6-13/h9-13H,2-8H2,1H3. The van der Waals surface area contributed by atoms with Crippen LogP contribution in [0.2, 0.25) is 0 Å². The van der Waals surface area contributed by atoms with Gasteiger partial charge in [0.2, 0.25) is 0 Å². The molecule has 0 heterocycles. The lowest BCUT2D eigenvalue weighted by Gasteiger charge is -2.25. The molecule has 1 aromatic carbocycles. The minimum atomic E-state index is 0.220. The van der Waals surface area contributed by atoms with Crippen LogP contribution in [0.15, 0.2) is 18.2 Å². The van der Waals surface area contributed by atoms with Crippen molar-refractivity contribution in [1.29, 1.82) is 0 Å². The van der Waals surface area contributed by atoms with Crippen LogP contribution in [-0.4, -0.2) is 5.78 Å². The van der Waals surface area contributed by atoms with E-state index >= 15 is 0 Å². The van der Waals surface area contributed by atoms with Crippen LogP contribution in [0, 0.1) is 5.92 Å². The van der Waals surface area contributed by atoms with E-state index < -0.39 is 0 Å². The molecule has 1 unspecified atom stereocenters. The number of Topliss-reactive ketones (excluding diaryl/α,β-unsaturated/α-hetero) is 1. The Morgan fingerprint density at radius 2 is 1.83 bits per heavy atom. The third kappa shape index (κ3) is 2.11. The zero-order chi connectivity index (χ0) is 12.5.